The summed E-state index contributed by atoms with van der Waals surface area (Å²) >= 11 is 0. The Bertz CT molecular complexity index is 1560. The van der Waals surface area contributed by atoms with E-state index in [4.69, 9.17) is 14.2 Å². The number of ether oxygens (including phenoxy) is 3. The molecule has 0 N–H and O–H groups in total. The summed E-state index contributed by atoms with van der Waals surface area (Å²) in [4.78, 5) is 32.1. The lowest BCUT2D eigenvalue weighted by atomic mass is 9.96. The van der Waals surface area contributed by atoms with E-state index in [-0.39, 0.29) is 41.4 Å². The third-order valence-electron chi connectivity index (χ3n) is 9.73. The van der Waals surface area contributed by atoms with Crippen LogP contribution in [0.2, 0.25) is 0 Å². The number of para-hydroxylation sites is 1. The van der Waals surface area contributed by atoms with Gasteiger partial charge in [0.25, 0.3) is 5.91 Å². The molecule has 4 aliphatic heterocycles. The maximum Gasteiger partial charge on any atom is 0.414 e. The molecule has 256 valence electrons. The fourth-order valence-electron chi connectivity index (χ4n) is 7.40. The SMILES string of the molecule is COc1cc(OC2CCN(S(=O)(=O)C3CCN(CC(C)(C)C)C3)CC2)ccc1C(=O)N1CCC(N2C(=O)OCc3ccccc32)CC1. The third-order valence-corrected chi connectivity index (χ3v) is 12.0. The smallest absolute Gasteiger partial charge is 0.414 e. The van der Waals surface area contributed by atoms with Gasteiger partial charge in [0.15, 0.2) is 0 Å². The molecule has 11 nitrogen and oxygen atoms in total. The monoisotopic (exact) mass is 668 g/mol. The van der Waals surface area contributed by atoms with Crippen molar-refractivity contribution in [1.29, 1.82) is 0 Å². The van der Waals surface area contributed by atoms with Crippen LogP contribution in [0.1, 0.15) is 68.8 Å². The highest BCUT2D eigenvalue weighted by Crippen LogP contribution is 2.34. The van der Waals surface area contributed by atoms with Gasteiger partial charge in [-0.3, -0.25) is 9.69 Å². The minimum Gasteiger partial charge on any atom is -0.496 e. The molecule has 0 saturated carbocycles. The van der Waals surface area contributed by atoms with Crippen molar-refractivity contribution in [2.75, 3.05) is 57.8 Å². The molecule has 0 bridgehead atoms. The number of sulfonamides is 1. The van der Waals surface area contributed by atoms with E-state index in [2.05, 4.69) is 25.7 Å². The molecule has 4 heterocycles. The highest BCUT2D eigenvalue weighted by atomic mass is 32.2. The average molecular weight is 669 g/mol. The predicted octanol–water partition coefficient (Wildman–Crippen LogP) is 4.75. The Morgan fingerprint density at radius 2 is 1.68 bits per heavy atom. The number of methoxy groups -OCH3 is 1. The zero-order valence-electron chi connectivity index (χ0n) is 28.0. The Morgan fingerprint density at radius 1 is 0.957 bits per heavy atom. The maximum atomic E-state index is 13.6. The molecule has 0 radical (unpaired) electrons. The van der Waals surface area contributed by atoms with Crippen molar-refractivity contribution in [2.24, 2.45) is 5.41 Å². The highest BCUT2D eigenvalue weighted by Gasteiger charge is 2.40. The van der Waals surface area contributed by atoms with Gasteiger partial charge in [0, 0.05) is 56.9 Å². The van der Waals surface area contributed by atoms with E-state index in [9.17, 15) is 18.0 Å². The number of carbonyl (C=O) groups is 2. The molecular formula is C35H48N4O7S. The number of hydrogen-bond acceptors (Lipinski definition) is 8. The summed E-state index contributed by atoms with van der Waals surface area (Å²) in [5.74, 6) is 0.901. The minimum atomic E-state index is -3.36. The molecule has 3 fully saturated rings. The number of anilines is 1. The summed E-state index contributed by atoms with van der Waals surface area (Å²) in [7, 11) is -1.82. The molecule has 2 aromatic carbocycles. The van der Waals surface area contributed by atoms with Gasteiger partial charge >= 0.3 is 6.09 Å². The number of amides is 2. The van der Waals surface area contributed by atoms with E-state index in [1.165, 1.54) is 7.11 Å². The van der Waals surface area contributed by atoms with Crippen molar-refractivity contribution in [3.8, 4) is 11.5 Å². The molecule has 6 rings (SSSR count). The number of rotatable bonds is 8. The number of fused-ring (bicyclic) bond motifs is 1. The molecule has 47 heavy (non-hydrogen) atoms. The lowest BCUT2D eigenvalue weighted by molar-refractivity contribution is 0.0705. The number of piperidine rings is 2. The van der Waals surface area contributed by atoms with Crippen LogP contribution in [0.3, 0.4) is 0 Å². The number of likely N-dealkylation sites (tertiary alicyclic amines) is 2. The van der Waals surface area contributed by atoms with E-state index in [1.54, 1.807) is 32.3 Å². The number of hydrogen-bond donors (Lipinski definition) is 0. The Labute approximate surface area is 278 Å². The Balaban J connectivity index is 1.02. The van der Waals surface area contributed by atoms with Crippen LogP contribution >= 0.6 is 0 Å². The molecule has 0 aromatic heterocycles. The standard InChI is InChI=1S/C35H48N4O7S/c1-35(2,3)24-36-16-15-29(22-36)47(42,43)38-19-13-27(14-20-38)46-28-9-10-30(32(21-28)44-4)33(40)37-17-11-26(12-18-37)39-31-8-6-5-7-25(31)23-45-34(39)41/h5-10,21,26-27,29H,11-20,22-24H2,1-4H3. The first-order valence-electron chi connectivity index (χ1n) is 16.8. The number of cyclic esters (lactones) is 1. The van der Waals surface area contributed by atoms with E-state index in [0.29, 0.717) is 81.9 Å². The molecule has 1 unspecified atom stereocenters. The third kappa shape index (κ3) is 7.39. The van der Waals surface area contributed by atoms with Crippen molar-refractivity contribution in [2.45, 2.75) is 76.9 Å². The second-order valence-corrected chi connectivity index (χ2v) is 16.6. The van der Waals surface area contributed by atoms with Crippen LogP contribution in [0.4, 0.5) is 10.5 Å². The first-order chi connectivity index (χ1) is 22.4. The van der Waals surface area contributed by atoms with Crippen LogP contribution in [0, 0.1) is 5.41 Å². The first kappa shape index (κ1) is 33.5. The first-order valence-corrected chi connectivity index (χ1v) is 18.3. The Kier molecular flexibility index (Phi) is 9.74. The maximum absolute atomic E-state index is 13.6. The average Bonchev–Trinajstić information content (AvgIpc) is 3.53. The van der Waals surface area contributed by atoms with Gasteiger partial charge in [0.05, 0.1) is 23.6 Å². The van der Waals surface area contributed by atoms with Gasteiger partial charge < -0.3 is 24.0 Å². The van der Waals surface area contributed by atoms with Crippen LogP contribution in [0.25, 0.3) is 0 Å². The van der Waals surface area contributed by atoms with Crippen LogP contribution < -0.4 is 14.4 Å². The molecule has 3 saturated heterocycles. The van der Waals surface area contributed by atoms with Gasteiger partial charge in [0.2, 0.25) is 10.0 Å². The van der Waals surface area contributed by atoms with Crippen molar-refractivity contribution < 1.29 is 32.2 Å². The van der Waals surface area contributed by atoms with Gasteiger partial charge in [0.1, 0.15) is 24.2 Å². The van der Waals surface area contributed by atoms with Crippen LogP contribution in [0.15, 0.2) is 42.5 Å². The van der Waals surface area contributed by atoms with Gasteiger partial charge in [-0.2, -0.15) is 0 Å². The van der Waals surface area contributed by atoms with Crippen molar-refractivity contribution in [3.05, 3.63) is 53.6 Å². The largest absolute Gasteiger partial charge is 0.496 e. The van der Waals surface area contributed by atoms with Gasteiger partial charge in [-0.25, -0.2) is 17.5 Å². The molecule has 4 aliphatic rings. The quantitative estimate of drug-likeness (QED) is 0.397. The fraction of sp³-hybridized carbons (Fsp3) is 0.600. The van der Waals surface area contributed by atoms with Crippen molar-refractivity contribution in [1.82, 2.24) is 14.1 Å². The van der Waals surface area contributed by atoms with Crippen LogP contribution in [-0.4, -0.2) is 105 Å². The summed E-state index contributed by atoms with van der Waals surface area (Å²) in [6, 6.07) is 13.0. The van der Waals surface area contributed by atoms with Crippen molar-refractivity contribution >= 4 is 27.7 Å². The summed E-state index contributed by atoms with van der Waals surface area (Å²) < 4.78 is 45.8. The Hall–Kier alpha value is -3.35. The minimum absolute atomic E-state index is 0.0478. The van der Waals surface area contributed by atoms with Crippen molar-refractivity contribution in [3.63, 3.8) is 0 Å². The van der Waals surface area contributed by atoms with E-state index < -0.39 is 10.0 Å². The second kappa shape index (κ2) is 13.6. The number of carbonyl (C=O) groups excluding carboxylic acids is 2. The topological polar surface area (TPSA) is 109 Å². The van der Waals surface area contributed by atoms with Gasteiger partial charge in [-0.1, -0.05) is 39.0 Å². The van der Waals surface area contributed by atoms with Crippen LogP contribution in [0.5, 0.6) is 11.5 Å². The molecule has 1 atom stereocenters. The van der Waals surface area contributed by atoms with Crippen LogP contribution in [-0.2, 0) is 21.4 Å². The van der Waals surface area contributed by atoms with Gasteiger partial charge in [-0.05, 0) is 62.3 Å². The molecule has 0 aliphatic carbocycles. The van der Waals surface area contributed by atoms with E-state index in [1.807, 2.05) is 24.3 Å². The fourth-order valence-corrected chi connectivity index (χ4v) is 9.35. The summed E-state index contributed by atoms with van der Waals surface area (Å²) in [6.07, 6.45) is 2.70. The second-order valence-electron chi connectivity index (χ2n) is 14.4. The molecular weight excluding hydrogens is 620 g/mol. The zero-order chi connectivity index (χ0) is 33.3. The van der Waals surface area contributed by atoms with Gasteiger partial charge in [-0.15, -0.1) is 0 Å². The highest BCUT2D eigenvalue weighted by molar-refractivity contribution is 7.89. The molecule has 2 aromatic rings. The summed E-state index contributed by atoms with van der Waals surface area (Å²) in [5.41, 5.74) is 2.47. The Morgan fingerprint density at radius 3 is 2.38 bits per heavy atom. The lowest BCUT2D eigenvalue weighted by Crippen LogP contribution is -2.50. The van der Waals surface area contributed by atoms with E-state index in [0.717, 1.165) is 24.3 Å². The molecule has 2 amide bonds. The number of benzene rings is 2. The summed E-state index contributed by atoms with van der Waals surface area (Å²) in [6.45, 7) is 11.0. The summed E-state index contributed by atoms with van der Waals surface area (Å²) in [5, 5.41) is -0.347. The normalized spacial score (nSPS) is 22.2. The molecule has 0 spiro atoms. The molecule has 12 heteroatoms. The predicted molar refractivity (Wildman–Crippen MR) is 179 cm³/mol. The van der Waals surface area contributed by atoms with E-state index >= 15 is 0 Å². The zero-order valence-corrected chi connectivity index (χ0v) is 28.8. The lowest BCUT2D eigenvalue weighted by Gasteiger charge is -2.40. The number of nitrogens with zero attached hydrogens (tertiary/aromatic N) is 4.